The molecule has 88 valence electrons. The first-order valence-corrected chi connectivity index (χ1v) is 5.33. The summed E-state index contributed by atoms with van der Waals surface area (Å²) in [6.45, 7) is 6.19. The number of nitrogen functional groups attached to an aromatic ring is 1. The lowest BCUT2D eigenvalue weighted by molar-refractivity contribution is -0.116. The van der Waals surface area contributed by atoms with E-state index in [1.165, 1.54) is 0 Å². The monoisotopic (exact) mass is 221 g/mol. The Morgan fingerprint density at radius 3 is 2.56 bits per heavy atom. The van der Waals surface area contributed by atoms with Crippen LogP contribution >= 0.6 is 0 Å². The number of hydrogen-bond donors (Lipinski definition) is 2. The number of primary amides is 1. The smallest absolute Gasteiger partial charge is 0.236 e. The normalized spacial score (nSPS) is 10.5. The molecule has 1 aromatic rings. The van der Waals surface area contributed by atoms with E-state index in [9.17, 15) is 4.79 Å². The van der Waals surface area contributed by atoms with Crippen molar-refractivity contribution in [2.45, 2.75) is 26.8 Å². The van der Waals surface area contributed by atoms with Crippen molar-refractivity contribution in [2.24, 2.45) is 5.73 Å². The summed E-state index contributed by atoms with van der Waals surface area (Å²) >= 11 is 0. The quantitative estimate of drug-likeness (QED) is 0.752. The maximum Gasteiger partial charge on any atom is 0.236 e. The Morgan fingerprint density at radius 2 is 2.06 bits per heavy atom. The number of anilines is 2. The van der Waals surface area contributed by atoms with Gasteiger partial charge in [0.25, 0.3) is 0 Å². The highest BCUT2D eigenvalue weighted by molar-refractivity contribution is 5.82. The fraction of sp³-hybridized carbons (Fsp3) is 0.417. The molecule has 0 aromatic heterocycles. The zero-order valence-electron chi connectivity index (χ0n) is 10.0. The second-order valence-electron chi connectivity index (χ2n) is 4.25. The Bertz CT molecular complexity index is 388. The van der Waals surface area contributed by atoms with Gasteiger partial charge in [-0.2, -0.15) is 0 Å². The van der Waals surface area contributed by atoms with Crippen molar-refractivity contribution in [1.82, 2.24) is 0 Å². The van der Waals surface area contributed by atoms with Crippen LogP contribution in [0.5, 0.6) is 0 Å². The Balaban J connectivity index is 3.09. The zero-order valence-corrected chi connectivity index (χ0v) is 10.0. The lowest BCUT2D eigenvalue weighted by Gasteiger charge is -2.29. The number of nitrogens with zero attached hydrogens (tertiary/aromatic N) is 1. The van der Waals surface area contributed by atoms with Crippen LogP contribution < -0.4 is 16.4 Å². The third-order valence-corrected chi connectivity index (χ3v) is 2.44. The van der Waals surface area contributed by atoms with Gasteiger partial charge in [0.15, 0.2) is 0 Å². The number of aryl methyl sites for hydroxylation is 1. The number of amides is 1. The van der Waals surface area contributed by atoms with E-state index in [4.69, 9.17) is 11.5 Å². The van der Waals surface area contributed by atoms with Gasteiger partial charge in [-0.15, -0.1) is 0 Å². The molecule has 1 aromatic carbocycles. The topological polar surface area (TPSA) is 72.3 Å². The third-order valence-electron chi connectivity index (χ3n) is 2.44. The molecule has 0 spiro atoms. The number of benzene rings is 1. The first-order chi connectivity index (χ1) is 7.41. The molecule has 0 bridgehead atoms. The summed E-state index contributed by atoms with van der Waals surface area (Å²) in [4.78, 5) is 12.9. The van der Waals surface area contributed by atoms with Crippen molar-refractivity contribution in [1.29, 1.82) is 0 Å². The first kappa shape index (κ1) is 12.4. The minimum atomic E-state index is -0.352. The number of rotatable bonds is 4. The van der Waals surface area contributed by atoms with E-state index in [-0.39, 0.29) is 18.5 Å². The van der Waals surface area contributed by atoms with E-state index in [0.29, 0.717) is 5.69 Å². The van der Waals surface area contributed by atoms with E-state index in [0.717, 1.165) is 11.3 Å². The van der Waals surface area contributed by atoms with E-state index in [1.807, 2.05) is 43.9 Å². The highest BCUT2D eigenvalue weighted by Crippen LogP contribution is 2.25. The molecule has 0 radical (unpaired) electrons. The molecule has 0 aliphatic carbocycles. The number of hydrogen-bond acceptors (Lipinski definition) is 3. The molecule has 16 heavy (non-hydrogen) atoms. The van der Waals surface area contributed by atoms with Crippen molar-refractivity contribution >= 4 is 17.3 Å². The lowest BCUT2D eigenvalue weighted by atomic mass is 10.1. The second kappa shape index (κ2) is 4.88. The lowest BCUT2D eigenvalue weighted by Crippen LogP contribution is -2.39. The minimum absolute atomic E-state index is 0.177. The highest BCUT2D eigenvalue weighted by Gasteiger charge is 2.15. The minimum Gasteiger partial charge on any atom is -0.397 e. The van der Waals surface area contributed by atoms with Crippen LogP contribution in [0.1, 0.15) is 19.4 Å². The number of carbonyl (C=O) groups is 1. The van der Waals surface area contributed by atoms with Crippen LogP contribution in [-0.4, -0.2) is 18.5 Å². The average Bonchev–Trinajstić information content (AvgIpc) is 2.18. The van der Waals surface area contributed by atoms with Crippen LogP contribution in [0.15, 0.2) is 18.2 Å². The summed E-state index contributed by atoms with van der Waals surface area (Å²) in [7, 11) is 0. The Morgan fingerprint density at radius 1 is 1.44 bits per heavy atom. The van der Waals surface area contributed by atoms with Crippen molar-refractivity contribution in [2.75, 3.05) is 17.2 Å². The Kier molecular flexibility index (Phi) is 3.77. The van der Waals surface area contributed by atoms with Gasteiger partial charge in [0.05, 0.1) is 17.9 Å². The fourth-order valence-electron chi connectivity index (χ4n) is 1.62. The van der Waals surface area contributed by atoms with Gasteiger partial charge < -0.3 is 16.4 Å². The van der Waals surface area contributed by atoms with Crippen molar-refractivity contribution in [3.63, 3.8) is 0 Å². The van der Waals surface area contributed by atoms with Crippen molar-refractivity contribution in [3.8, 4) is 0 Å². The maximum absolute atomic E-state index is 11.0. The maximum atomic E-state index is 11.0. The summed E-state index contributed by atoms with van der Waals surface area (Å²) in [5.74, 6) is -0.352. The van der Waals surface area contributed by atoms with Gasteiger partial charge in [0.2, 0.25) is 5.91 Å². The molecule has 0 heterocycles. The molecule has 4 N–H and O–H groups in total. The van der Waals surface area contributed by atoms with Crippen molar-refractivity contribution < 1.29 is 4.79 Å². The molecule has 4 heteroatoms. The summed E-state index contributed by atoms with van der Waals surface area (Å²) < 4.78 is 0. The van der Waals surface area contributed by atoms with Crippen LogP contribution in [0.2, 0.25) is 0 Å². The predicted molar refractivity (Wildman–Crippen MR) is 67.3 cm³/mol. The molecular weight excluding hydrogens is 202 g/mol. The summed E-state index contributed by atoms with van der Waals surface area (Å²) in [5.41, 5.74) is 13.8. The van der Waals surface area contributed by atoms with Gasteiger partial charge in [0, 0.05) is 6.04 Å². The van der Waals surface area contributed by atoms with Gasteiger partial charge in [-0.25, -0.2) is 0 Å². The average molecular weight is 221 g/mol. The molecular formula is C12H19N3O. The molecule has 0 unspecified atom stereocenters. The van der Waals surface area contributed by atoms with E-state index < -0.39 is 0 Å². The first-order valence-electron chi connectivity index (χ1n) is 5.33. The summed E-state index contributed by atoms with van der Waals surface area (Å²) in [6.07, 6.45) is 0. The predicted octanol–water partition coefficient (Wildman–Crippen LogP) is 1.28. The third kappa shape index (κ3) is 2.89. The molecule has 1 amide bonds. The van der Waals surface area contributed by atoms with Crippen LogP contribution in [0.25, 0.3) is 0 Å². The summed E-state index contributed by atoms with van der Waals surface area (Å²) in [6, 6.07) is 5.94. The van der Waals surface area contributed by atoms with E-state index in [2.05, 4.69) is 0 Å². The molecule has 4 nitrogen and oxygen atoms in total. The molecule has 1 rings (SSSR count). The SMILES string of the molecule is Cc1ccc(N)c(N(CC(N)=O)C(C)C)c1. The van der Waals surface area contributed by atoms with Gasteiger partial charge in [-0.3, -0.25) is 4.79 Å². The second-order valence-corrected chi connectivity index (χ2v) is 4.25. The van der Waals surface area contributed by atoms with Crippen molar-refractivity contribution in [3.05, 3.63) is 23.8 Å². The van der Waals surface area contributed by atoms with Gasteiger partial charge in [0.1, 0.15) is 0 Å². The molecule has 0 saturated carbocycles. The van der Waals surface area contributed by atoms with Gasteiger partial charge in [-0.05, 0) is 38.5 Å². The van der Waals surface area contributed by atoms with E-state index >= 15 is 0 Å². The standard InChI is InChI=1S/C12H19N3O/c1-8(2)15(7-12(14)16)11-6-9(3)4-5-10(11)13/h4-6,8H,7,13H2,1-3H3,(H2,14,16). The molecule has 0 aliphatic heterocycles. The molecule has 0 atom stereocenters. The molecule has 0 fully saturated rings. The highest BCUT2D eigenvalue weighted by atomic mass is 16.1. The summed E-state index contributed by atoms with van der Waals surface area (Å²) in [5, 5.41) is 0. The fourth-order valence-corrected chi connectivity index (χ4v) is 1.62. The number of nitrogens with two attached hydrogens (primary N) is 2. The molecule has 0 saturated heterocycles. The Hall–Kier alpha value is -1.71. The zero-order chi connectivity index (χ0) is 12.3. The number of carbonyl (C=O) groups excluding carboxylic acids is 1. The molecule has 0 aliphatic rings. The van der Waals surface area contributed by atoms with Crippen LogP contribution in [-0.2, 0) is 4.79 Å². The van der Waals surface area contributed by atoms with Crippen LogP contribution in [0.3, 0.4) is 0 Å². The van der Waals surface area contributed by atoms with Crippen LogP contribution in [0, 0.1) is 6.92 Å². The van der Waals surface area contributed by atoms with Crippen LogP contribution in [0.4, 0.5) is 11.4 Å². The van der Waals surface area contributed by atoms with E-state index in [1.54, 1.807) is 0 Å². The largest absolute Gasteiger partial charge is 0.397 e. The Labute approximate surface area is 96.2 Å². The van der Waals surface area contributed by atoms with Gasteiger partial charge >= 0.3 is 0 Å². The van der Waals surface area contributed by atoms with Gasteiger partial charge in [-0.1, -0.05) is 6.07 Å².